The molecule has 122 valence electrons. The number of H-pyrrole nitrogens is 1. The first-order valence-corrected chi connectivity index (χ1v) is 7.75. The number of phenols is 1. The number of hydrogen-bond donors (Lipinski definition) is 3. The monoisotopic (exact) mass is 341 g/mol. The number of anilines is 1. The zero-order valence-electron chi connectivity index (χ0n) is 13.2. The summed E-state index contributed by atoms with van der Waals surface area (Å²) in [6, 6.07) is 12.3. The maximum Gasteiger partial charge on any atom is 0.273 e. The molecule has 0 saturated carbocycles. The van der Waals surface area contributed by atoms with Crippen molar-refractivity contribution in [3.8, 4) is 17.0 Å². The molecule has 1 heterocycles. The molecule has 0 aliphatic heterocycles. The third-order valence-electron chi connectivity index (χ3n) is 3.77. The fraction of sp³-hybridized carbons (Fsp3) is 0.111. The number of nitrogens with one attached hydrogen (secondary N) is 2. The van der Waals surface area contributed by atoms with E-state index in [-0.39, 0.29) is 11.7 Å². The number of rotatable bonds is 3. The number of carbonyl (C=O) groups excluding carboxylic acids is 1. The normalized spacial score (nSPS) is 10.6. The molecule has 0 aliphatic rings. The third kappa shape index (κ3) is 3.12. The van der Waals surface area contributed by atoms with Gasteiger partial charge < -0.3 is 10.4 Å². The maximum atomic E-state index is 12.3. The average Bonchev–Trinajstić information content (AvgIpc) is 3.03. The first kappa shape index (κ1) is 16.1. The molecule has 2 aromatic carbocycles. The molecule has 6 heteroatoms. The van der Waals surface area contributed by atoms with Gasteiger partial charge >= 0.3 is 0 Å². The van der Waals surface area contributed by atoms with Crippen LogP contribution in [-0.2, 0) is 0 Å². The van der Waals surface area contributed by atoms with Crippen LogP contribution in [0.5, 0.6) is 5.75 Å². The molecule has 3 N–H and O–H groups in total. The Morgan fingerprint density at radius 2 is 1.96 bits per heavy atom. The van der Waals surface area contributed by atoms with Crippen molar-refractivity contribution in [2.45, 2.75) is 13.8 Å². The van der Waals surface area contributed by atoms with Gasteiger partial charge in [0.15, 0.2) is 0 Å². The lowest BCUT2D eigenvalue weighted by atomic mass is 10.1. The lowest BCUT2D eigenvalue weighted by Crippen LogP contribution is -2.12. The number of para-hydroxylation sites is 1. The zero-order chi connectivity index (χ0) is 17.3. The second kappa shape index (κ2) is 6.37. The summed E-state index contributed by atoms with van der Waals surface area (Å²) in [5.41, 5.74) is 3.66. The van der Waals surface area contributed by atoms with Crippen LogP contribution in [0.3, 0.4) is 0 Å². The Hall–Kier alpha value is -2.79. The lowest BCUT2D eigenvalue weighted by molar-refractivity contribution is 0.102. The highest BCUT2D eigenvalue weighted by molar-refractivity contribution is 6.31. The number of aromatic hydroxyl groups is 1. The molecule has 0 aliphatic carbocycles. The topological polar surface area (TPSA) is 78.0 Å². The van der Waals surface area contributed by atoms with Crippen LogP contribution in [0.4, 0.5) is 5.69 Å². The molecule has 0 radical (unpaired) electrons. The smallest absolute Gasteiger partial charge is 0.273 e. The Morgan fingerprint density at radius 3 is 2.71 bits per heavy atom. The van der Waals surface area contributed by atoms with Crippen molar-refractivity contribution in [3.63, 3.8) is 0 Å². The van der Waals surface area contributed by atoms with Crippen LogP contribution in [-0.4, -0.2) is 21.2 Å². The predicted octanol–water partition coefficient (Wildman–Crippen LogP) is 4.30. The standard InChI is InChI=1S/C18H16ClN3O2/c1-10-6-7-12(8-14(10)19)20-18(24)16-9-15(21-22-16)13-5-3-4-11(2)17(13)23/h3-9,23H,1-2H3,(H,20,24)(H,21,22). The molecule has 0 saturated heterocycles. The number of halogens is 1. The van der Waals surface area contributed by atoms with Crippen LogP contribution < -0.4 is 5.32 Å². The average molecular weight is 342 g/mol. The quantitative estimate of drug-likeness (QED) is 0.664. The molecule has 3 rings (SSSR count). The molecule has 0 unspecified atom stereocenters. The molecular formula is C18H16ClN3O2. The second-order valence-electron chi connectivity index (χ2n) is 5.56. The number of amides is 1. The molecule has 0 bridgehead atoms. The second-order valence-corrected chi connectivity index (χ2v) is 5.96. The summed E-state index contributed by atoms with van der Waals surface area (Å²) < 4.78 is 0. The van der Waals surface area contributed by atoms with Crippen molar-refractivity contribution in [3.05, 3.63) is 64.3 Å². The van der Waals surface area contributed by atoms with E-state index in [1.54, 1.807) is 37.3 Å². The fourth-order valence-electron chi connectivity index (χ4n) is 2.31. The Kier molecular flexibility index (Phi) is 4.27. The predicted molar refractivity (Wildman–Crippen MR) is 94.6 cm³/mol. The van der Waals surface area contributed by atoms with Crippen molar-refractivity contribution < 1.29 is 9.90 Å². The molecular weight excluding hydrogens is 326 g/mol. The van der Waals surface area contributed by atoms with Crippen molar-refractivity contribution in [1.82, 2.24) is 10.2 Å². The van der Waals surface area contributed by atoms with Gasteiger partial charge in [0.2, 0.25) is 0 Å². The summed E-state index contributed by atoms with van der Waals surface area (Å²) in [7, 11) is 0. The minimum Gasteiger partial charge on any atom is -0.507 e. The summed E-state index contributed by atoms with van der Waals surface area (Å²) in [6.07, 6.45) is 0. The number of aryl methyl sites for hydroxylation is 2. The molecule has 24 heavy (non-hydrogen) atoms. The molecule has 3 aromatic rings. The van der Waals surface area contributed by atoms with Crippen LogP contribution in [0.25, 0.3) is 11.3 Å². The van der Waals surface area contributed by atoms with Crippen molar-refractivity contribution in [1.29, 1.82) is 0 Å². The van der Waals surface area contributed by atoms with Gasteiger partial charge in [-0.05, 0) is 49.2 Å². The van der Waals surface area contributed by atoms with Crippen LogP contribution in [0.15, 0.2) is 42.5 Å². The highest BCUT2D eigenvalue weighted by Crippen LogP contribution is 2.30. The number of aromatic nitrogens is 2. The molecule has 0 fully saturated rings. The molecule has 0 atom stereocenters. The van der Waals surface area contributed by atoms with Crippen LogP contribution in [0, 0.1) is 13.8 Å². The van der Waals surface area contributed by atoms with E-state index in [1.165, 1.54) is 0 Å². The summed E-state index contributed by atoms with van der Waals surface area (Å²) in [4.78, 5) is 12.3. The van der Waals surface area contributed by atoms with Gasteiger partial charge in [-0.1, -0.05) is 29.8 Å². The van der Waals surface area contributed by atoms with E-state index in [9.17, 15) is 9.90 Å². The van der Waals surface area contributed by atoms with Gasteiger partial charge in [-0.2, -0.15) is 5.10 Å². The van der Waals surface area contributed by atoms with Gasteiger partial charge in [0.25, 0.3) is 5.91 Å². The number of aromatic amines is 1. The van der Waals surface area contributed by atoms with Crippen molar-refractivity contribution >= 4 is 23.2 Å². The van der Waals surface area contributed by atoms with Crippen molar-refractivity contribution in [2.75, 3.05) is 5.32 Å². The highest BCUT2D eigenvalue weighted by atomic mass is 35.5. The summed E-state index contributed by atoms with van der Waals surface area (Å²) in [5, 5.41) is 20.3. The SMILES string of the molecule is Cc1ccc(NC(=O)c2cc(-c3cccc(C)c3O)n[nH]2)cc1Cl. The van der Waals surface area contributed by atoms with Crippen molar-refractivity contribution in [2.24, 2.45) is 0 Å². The fourth-order valence-corrected chi connectivity index (χ4v) is 2.49. The minimum atomic E-state index is -0.333. The number of hydrogen-bond acceptors (Lipinski definition) is 3. The van der Waals surface area contributed by atoms with Crippen LogP contribution >= 0.6 is 11.6 Å². The summed E-state index contributed by atoms with van der Waals surface area (Å²) in [5.74, 6) is -0.179. The Labute approximate surface area is 144 Å². The van der Waals surface area contributed by atoms with Gasteiger partial charge in [0, 0.05) is 16.3 Å². The first-order chi connectivity index (χ1) is 11.5. The van der Waals surface area contributed by atoms with Gasteiger partial charge in [-0.25, -0.2) is 0 Å². The zero-order valence-corrected chi connectivity index (χ0v) is 14.0. The highest BCUT2D eigenvalue weighted by Gasteiger charge is 2.14. The Bertz CT molecular complexity index is 918. The number of carbonyl (C=O) groups is 1. The molecule has 1 amide bonds. The van der Waals surface area contributed by atoms with Crippen LogP contribution in [0.2, 0.25) is 5.02 Å². The largest absolute Gasteiger partial charge is 0.507 e. The summed E-state index contributed by atoms with van der Waals surface area (Å²) in [6.45, 7) is 3.70. The van der Waals surface area contributed by atoms with E-state index in [4.69, 9.17) is 11.6 Å². The molecule has 5 nitrogen and oxygen atoms in total. The van der Waals surface area contributed by atoms with E-state index >= 15 is 0 Å². The van der Waals surface area contributed by atoms with Gasteiger partial charge in [-0.3, -0.25) is 9.89 Å². The summed E-state index contributed by atoms with van der Waals surface area (Å²) >= 11 is 6.06. The third-order valence-corrected chi connectivity index (χ3v) is 4.17. The first-order valence-electron chi connectivity index (χ1n) is 7.37. The minimum absolute atomic E-state index is 0.154. The number of phenolic OH excluding ortho intramolecular Hbond substituents is 1. The van der Waals surface area contributed by atoms with E-state index in [2.05, 4.69) is 15.5 Å². The Morgan fingerprint density at radius 1 is 1.17 bits per heavy atom. The van der Waals surface area contributed by atoms with Crippen LogP contribution in [0.1, 0.15) is 21.6 Å². The molecule has 1 aromatic heterocycles. The van der Waals surface area contributed by atoms with E-state index in [0.29, 0.717) is 27.7 Å². The number of benzene rings is 2. The van der Waals surface area contributed by atoms with E-state index in [1.807, 2.05) is 19.1 Å². The van der Waals surface area contributed by atoms with Gasteiger partial charge in [0.1, 0.15) is 11.4 Å². The lowest BCUT2D eigenvalue weighted by Gasteiger charge is -2.05. The Balaban J connectivity index is 1.83. The van der Waals surface area contributed by atoms with E-state index in [0.717, 1.165) is 11.1 Å². The van der Waals surface area contributed by atoms with Gasteiger partial charge in [0.05, 0.1) is 5.69 Å². The maximum absolute atomic E-state index is 12.3. The van der Waals surface area contributed by atoms with Gasteiger partial charge in [-0.15, -0.1) is 0 Å². The number of nitrogens with zero attached hydrogens (tertiary/aromatic N) is 1. The molecule has 0 spiro atoms. The van der Waals surface area contributed by atoms with E-state index < -0.39 is 0 Å².